The molecule has 0 spiro atoms. The normalized spacial score (nSPS) is 27.0. The van der Waals surface area contributed by atoms with Gasteiger partial charge in [0.2, 0.25) is 0 Å². The van der Waals surface area contributed by atoms with Crippen molar-refractivity contribution in [3.63, 3.8) is 0 Å². The molecule has 1 aliphatic heterocycles. The Bertz CT molecular complexity index is 481. The molecule has 0 aromatic heterocycles. The first-order chi connectivity index (χ1) is 8.40. The Kier molecular flexibility index (Phi) is 2.74. The minimum atomic E-state index is 0.603. The quantitative estimate of drug-likeness (QED) is 0.522. The van der Waals surface area contributed by atoms with Crippen molar-refractivity contribution >= 4 is 0 Å². The van der Waals surface area contributed by atoms with Crippen molar-refractivity contribution in [2.75, 3.05) is 6.54 Å². The Balaban J connectivity index is 2.01. The molecule has 1 nitrogen and oxygen atoms in total. The summed E-state index contributed by atoms with van der Waals surface area (Å²) in [5, 5.41) is 0. The van der Waals surface area contributed by atoms with Crippen LogP contribution in [0.3, 0.4) is 0 Å². The lowest BCUT2D eigenvalue weighted by Gasteiger charge is -2.42. The standard InChI is InChI=1S/C16H17N/c1-2-11-17-12-13-7-3-4-8-14(13)15-9-5-6-10-16(15)17/h1,3-8,15-16H,9-12H2/t15-,16-/m0/s1. The first-order valence-corrected chi connectivity index (χ1v) is 6.30. The van der Waals surface area contributed by atoms with Gasteiger partial charge in [0.1, 0.15) is 0 Å². The molecule has 1 heteroatoms. The first kappa shape index (κ1) is 10.6. The number of terminal acetylenes is 1. The minimum Gasteiger partial charge on any atom is -0.284 e. The van der Waals surface area contributed by atoms with Gasteiger partial charge in [0, 0.05) is 18.5 Å². The van der Waals surface area contributed by atoms with Crippen LogP contribution in [0, 0.1) is 12.3 Å². The van der Waals surface area contributed by atoms with Crippen molar-refractivity contribution in [2.24, 2.45) is 0 Å². The van der Waals surface area contributed by atoms with Crippen LogP contribution < -0.4 is 0 Å². The summed E-state index contributed by atoms with van der Waals surface area (Å²) in [5.41, 5.74) is 2.99. The van der Waals surface area contributed by atoms with Gasteiger partial charge in [-0.1, -0.05) is 42.3 Å². The van der Waals surface area contributed by atoms with Gasteiger partial charge in [-0.15, -0.1) is 6.42 Å². The second kappa shape index (κ2) is 4.39. The van der Waals surface area contributed by atoms with E-state index in [0.29, 0.717) is 12.0 Å². The predicted octanol–water partition coefficient (Wildman–Crippen LogP) is 2.94. The maximum Gasteiger partial charge on any atom is 0.0604 e. The lowest BCUT2D eigenvalue weighted by atomic mass is 9.77. The third-order valence-electron chi connectivity index (χ3n) is 3.99. The van der Waals surface area contributed by atoms with Crippen LogP contribution in [0.1, 0.15) is 29.9 Å². The summed E-state index contributed by atoms with van der Waals surface area (Å²) in [6.07, 6.45) is 12.4. The van der Waals surface area contributed by atoms with E-state index in [2.05, 4.69) is 47.2 Å². The highest BCUT2D eigenvalue weighted by molar-refractivity contribution is 5.36. The largest absolute Gasteiger partial charge is 0.284 e. The Labute approximate surface area is 103 Å². The van der Waals surface area contributed by atoms with Crippen LogP contribution >= 0.6 is 0 Å². The zero-order chi connectivity index (χ0) is 11.7. The molecule has 17 heavy (non-hydrogen) atoms. The molecule has 1 aromatic carbocycles. The van der Waals surface area contributed by atoms with Gasteiger partial charge < -0.3 is 0 Å². The van der Waals surface area contributed by atoms with Crippen molar-refractivity contribution in [1.82, 2.24) is 4.90 Å². The van der Waals surface area contributed by atoms with Crippen LogP contribution in [-0.4, -0.2) is 17.5 Å². The molecule has 1 heterocycles. The molecule has 0 unspecified atom stereocenters. The first-order valence-electron chi connectivity index (χ1n) is 6.30. The van der Waals surface area contributed by atoms with Crippen LogP contribution in [0.4, 0.5) is 0 Å². The second-order valence-electron chi connectivity index (χ2n) is 4.92. The lowest BCUT2D eigenvalue weighted by molar-refractivity contribution is 0.161. The fraction of sp³-hybridized carbons (Fsp3) is 0.375. The van der Waals surface area contributed by atoms with Gasteiger partial charge in [-0.3, -0.25) is 4.90 Å². The van der Waals surface area contributed by atoms with E-state index >= 15 is 0 Å². The van der Waals surface area contributed by atoms with Crippen molar-refractivity contribution in [1.29, 1.82) is 0 Å². The molecule has 3 rings (SSSR count). The van der Waals surface area contributed by atoms with Gasteiger partial charge in [0.05, 0.1) is 6.54 Å². The zero-order valence-corrected chi connectivity index (χ0v) is 9.97. The number of rotatable bonds is 1. The highest BCUT2D eigenvalue weighted by Gasteiger charge is 2.34. The van der Waals surface area contributed by atoms with E-state index in [1.54, 1.807) is 0 Å². The molecule has 0 amide bonds. The molecule has 0 bridgehead atoms. The van der Waals surface area contributed by atoms with E-state index in [-0.39, 0.29) is 0 Å². The monoisotopic (exact) mass is 223 g/mol. The summed E-state index contributed by atoms with van der Waals surface area (Å²) in [5.74, 6) is 3.44. The van der Waals surface area contributed by atoms with Crippen molar-refractivity contribution < 1.29 is 0 Å². The lowest BCUT2D eigenvalue weighted by Crippen LogP contribution is -2.44. The fourth-order valence-electron chi connectivity index (χ4n) is 3.20. The summed E-state index contributed by atoms with van der Waals surface area (Å²) < 4.78 is 0. The molecule has 0 N–H and O–H groups in total. The number of hydrogen-bond acceptors (Lipinski definition) is 1. The van der Waals surface area contributed by atoms with E-state index < -0.39 is 0 Å². The minimum absolute atomic E-state index is 0.603. The average molecular weight is 223 g/mol. The van der Waals surface area contributed by atoms with E-state index in [1.807, 2.05) is 0 Å². The van der Waals surface area contributed by atoms with Crippen LogP contribution in [0.2, 0.25) is 0 Å². The predicted molar refractivity (Wildman–Crippen MR) is 70.6 cm³/mol. The molecule has 2 aliphatic rings. The number of benzene rings is 1. The van der Waals surface area contributed by atoms with Crippen LogP contribution in [0.25, 0.3) is 0 Å². The maximum absolute atomic E-state index is 5.49. The molecule has 1 aliphatic carbocycles. The number of nitrogens with zero attached hydrogens (tertiary/aromatic N) is 1. The van der Waals surface area contributed by atoms with Crippen molar-refractivity contribution in [3.8, 4) is 12.3 Å². The highest BCUT2D eigenvalue weighted by atomic mass is 15.2. The zero-order valence-electron chi connectivity index (χ0n) is 9.97. The number of allylic oxidation sites excluding steroid dienone is 1. The molecule has 0 fully saturated rings. The molecular formula is C16H17N. The topological polar surface area (TPSA) is 3.24 Å². The molecular weight excluding hydrogens is 206 g/mol. The van der Waals surface area contributed by atoms with E-state index in [9.17, 15) is 0 Å². The summed E-state index contributed by atoms with van der Waals surface area (Å²) in [6, 6.07) is 9.43. The van der Waals surface area contributed by atoms with Gasteiger partial charge in [0.15, 0.2) is 0 Å². The Morgan fingerprint density at radius 1 is 1.24 bits per heavy atom. The third-order valence-corrected chi connectivity index (χ3v) is 3.99. The van der Waals surface area contributed by atoms with Gasteiger partial charge in [-0.05, 0) is 24.0 Å². The second-order valence-corrected chi connectivity index (χ2v) is 4.92. The highest BCUT2D eigenvalue weighted by Crippen LogP contribution is 2.39. The molecule has 86 valence electrons. The Morgan fingerprint density at radius 2 is 2.06 bits per heavy atom. The van der Waals surface area contributed by atoms with E-state index in [4.69, 9.17) is 6.42 Å². The summed E-state index contributed by atoms with van der Waals surface area (Å²) >= 11 is 0. The maximum atomic E-state index is 5.49. The third kappa shape index (κ3) is 1.79. The summed E-state index contributed by atoms with van der Waals surface area (Å²) in [7, 11) is 0. The molecule has 0 radical (unpaired) electrons. The fourth-order valence-corrected chi connectivity index (χ4v) is 3.20. The van der Waals surface area contributed by atoms with Crippen LogP contribution in [-0.2, 0) is 6.54 Å². The summed E-state index contributed by atoms with van der Waals surface area (Å²) in [4.78, 5) is 2.45. The van der Waals surface area contributed by atoms with Crippen LogP contribution in [0.5, 0.6) is 0 Å². The molecule has 0 saturated carbocycles. The van der Waals surface area contributed by atoms with Gasteiger partial charge in [-0.2, -0.15) is 0 Å². The number of hydrogen-bond donors (Lipinski definition) is 0. The Morgan fingerprint density at radius 3 is 2.94 bits per heavy atom. The average Bonchev–Trinajstić information content (AvgIpc) is 2.39. The van der Waals surface area contributed by atoms with Crippen molar-refractivity contribution in [3.05, 3.63) is 47.5 Å². The van der Waals surface area contributed by atoms with Gasteiger partial charge >= 0.3 is 0 Å². The van der Waals surface area contributed by atoms with Gasteiger partial charge in [-0.25, -0.2) is 0 Å². The molecule has 1 aromatic rings. The smallest absolute Gasteiger partial charge is 0.0604 e. The van der Waals surface area contributed by atoms with E-state index in [0.717, 1.165) is 25.9 Å². The van der Waals surface area contributed by atoms with Crippen LogP contribution in [0.15, 0.2) is 36.4 Å². The molecule has 2 atom stereocenters. The van der Waals surface area contributed by atoms with Crippen molar-refractivity contribution in [2.45, 2.75) is 31.3 Å². The van der Waals surface area contributed by atoms with Gasteiger partial charge in [0.25, 0.3) is 0 Å². The summed E-state index contributed by atoms with van der Waals surface area (Å²) in [6.45, 7) is 1.78. The number of fused-ring (bicyclic) bond motifs is 3. The molecule has 0 saturated heterocycles. The Hall–Kier alpha value is -1.52. The van der Waals surface area contributed by atoms with E-state index in [1.165, 1.54) is 11.1 Å². The SMILES string of the molecule is C#CCN1Cc2ccccc2[C@@H]2CC=CC[C@@H]21.